The van der Waals surface area contributed by atoms with Crippen LogP contribution >= 0.6 is 11.8 Å². The van der Waals surface area contributed by atoms with Crippen LogP contribution in [0.15, 0.2) is 30.3 Å². The molecular formula is C15H18N2O3S. The van der Waals surface area contributed by atoms with E-state index < -0.39 is 11.6 Å². The Hall–Kier alpha value is -1.79. The van der Waals surface area contributed by atoms with Crippen LogP contribution in [0.25, 0.3) is 10.9 Å². The van der Waals surface area contributed by atoms with E-state index in [1.807, 2.05) is 6.26 Å². The van der Waals surface area contributed by atoms with Gasteiger partial charge in [-0.1, -0.05) is 6.07 Å². The van der Waals surface area contributed by atoms with Crippen molar-refractivity contribution in [2.75, 3.05) is 23.9 Å². The average molecular weight is 306 g/mol. The van der Waals surface area contributed by atoms with Crippen molar-refractivity contribution in [1.82, 2.24) is 4.98 Å². The maximum absolute atomic E-state index is 11.2. The highest BCUT2D eigenvalue weighted by Gasteiger charge is 2.19. The van der Waals surface area contributed by atoms with Crippen LogP contribution < -0.4 is 5.32 Å². The van der Waals surface area contributed by atoms with Crippen molar-refractivity contribution < 1.29 is 15.0 Å². The summed E-state index contributed by atoms with van der Waals surface area (Å²) in [6.07, 6.45) is 1.94. The molecule has 6 heteroatoms. The van der Waals surface area contributed by atoms with E-state index in [2.05, 4.69) is 10.3 Å². The smallest absolute Gasteiger partial charge is 0.336 e. The van der Waals surface area contributed by atoms with Crippen LogP contribution in [-0.4, -0.2) is 45.3 Å². The molecule has 0 fully saturated rings. The first-order valence-electron chi connectivity index (χ1n) is 6.51. The van der Waals surface area contributed by atoms with Crippen LogP contribution in [0.1, 0.15) is 17.3 Å². The van der Waals surface area contributed by atoms with Crippen LogP contribution in [0.4, 0.5) is 5.82 Å². The zero-order valence-corrected chi connectivity index (χ0v) is 12.8. The molecule has 2 aromatic rings. The second-order valence-corrected chi connectivity index (χ2v) is 6.02. The molecular weight excluding hydrogens is 288 g/mol. The van der Waals surface area contributed by atoms with Crippen LogP contribution in [0.5, 0.6) is 0 Å². The molecule has 0 aliphatic rings. The molecule has 3 N–H and O–H groups in total. The molecule has 1 aromatic carbocycles. The Morgan fingerprint density at radius 1 is 1.38 bits per heavy atom. The minimum atomic E-state index is -0.967. The van der Waals surface area contributed by atoms with Crippen molar-refractivity contribution in [3.63, 3.8) is 0 Å². The maximum atomic E-state index is 11.2. The number of nitrogens with zero attached hydrogens (tertiary/aromatic N) is 1. The van der Waals surface area contributed by atoms with E-state index >= 15 is 0 Å². The van der Waals surface area contributed by atoms with Gasteiger partial charge in [-0.05, 0) is 37.4 Å². The normalized spacial score (nSPS) is 13.9. The predicted octanol–water partition coefficient (Wildman–Crippen LogP) is 2.46. The fraction of sp³-hybridized carbons (Fsp3) is 0.333. The number of pyridine rings is 1. The van der Waals surface area contributed by atoms with Crippen molar-refractivity contribution in [1.29, 1.82) is 0 Å². The number of anilines is 1. The second kappa shape index (κ2) is 6.32. The Kier molecular flexibility index (Phi) is 4.69. The van der Waals surface area contributed by atoms with E-state index in [-0.39, 0.29) is 5.56 Å². The minimum absolute atomic E-state index is 0.237. The zero-order valence-electron chi connectivity index (χ0n) is 12.0. The molecule has 0 aliphatic carbocycles. The molecule has 112 valence electrons. The van der Waals surface area contributed by atoms with Gasteiger partial charge in [0.15, 0.2) is 0 Å². The monoisotopic (exact) mass is 306 g/mol. The number of nitrogens with one attached hydrogen (secondary N) is 1. The molecule has 5 nitrogen and oxygen atoms in total. The topological polar surface area (TPSA) is 82.5 Å². The minimum Gasteiger partial charge on any atom is -0.478 e. The number of carboxylic acids is 1. The summed E-state index contributed by atoms with van der Waals surface area (Å²) >= 11 is 1.58. The van der Waals surface area contributed by atoms with Crippen LogP contribution in [0.2, 0.25) is 0 Å². The molecule has 21 heavy (non-hydrogen) atoms. The van der Waals surface area contributed by atoms with Gasteiger partial charge in [-0.3, -0.25) is 0 Å². The van der Waals surface area contributed by atoms with Gasteiger partial charge in [0, 0.05) is 17.7 Å². The van der Waals surface area contributed by atoms with E-state index in [9.17, 15) is 9.90 Å². The lowest BCUT2D eigenvalue weighted by Gasteiger charge is -2.22. The first kappa shape index (κ1) is 15.6. The van der Waals surface area contributed by atoms with E-state index in [0.717, 1.165) is 0 Å². The fourth-order valence-electron chi connectivity index (χ4n) is 2.08. The summed E-state index contributed by atoms with van der Waals surface area (Å²) in [5, 5.41) is 23.0. The number of benzene rings is 1. The lowest BCUT2D eigenvalue weighted by Crippen LogP contribution is -2.36. The van der Waals surface area contributed by atoms with Gasteiger partial charge in [0.25, 0.3) is 0 Å². The summed E-state index contributed by atoms with van der Waals surface area (Å²) in [7, 11) is 0. The summed E-state index contributed by atoms with van der Waals surface area (Å²) in [5.41, 5.74) is 0.0317. The number of fused-ring (bicyclic) bond motifs is 1. The van der Waals surface area contributed by atoms with Gasteiger partial charge in [0.05, 0.1) is 16.7 Å². The van der Waals surface area contributed by atoms with Gasteiger partial charge in [-0.2, -0.15) is 11.8 Å². The molecule has 0 saturated heterocycles. The maximum Gasteiger partial charge on any atom is 0.336 e. The van der Waals surface area contributed by atoms with Crippen LogP contribution in [0.3, 0.4) is 0 Å². The molecule has 1 atom stereocenters. The standard InChI is InChI=1S/C15H18N2O3S/c1-15(20,9-21-2)8-16-13-7-6-10-11(14(18)19)4-3-5-12(10)17-13/h3-7,20H,8-9H2,1-2H3,(H,16,17)(H,18,19). The first-order chi connectivity index (χ1) is 9.93. The molecule has 0 bridgehead atoms. The number of carbonyl (C=O) groups is 1. The zero-order chi connectivity index (χ0) is 15.5. The Morgan fingerprint density at radius 3 is 2.81 bits per heavy atom. The molecule has 0 spiro atoms. The van der Waals surface area contributed by atoms with Gasteiger partial charge in [0.2, 0.25) is 0 Å². The number of aromatic carboxylic acids is 1. The van der Waals surface area contributed by atoms with Crippen LogP contribution in [0, 0.1) is 0 Å². The van der Waals surface area contributed by atoms with E-state index in [0.29, 0.717) is 29.0 Å². The summed E-state index contributed by atoms with van der Waals surface area (Å²) in [5.74, 6) is 0.272. The van der Waals surface area contributed by atoms with Crippen molar-refractivity contribution >= 4 is 34.5 Å². The molecule has 0 radical (unpaired) electrons. The highest BCUT2D eigenvalue weighted by Crippen LogP contribution is 2.20. The summed E-state index contributed by atoms with van der Waals surface area (Å²) in [6, 6.07) is 8.46. The number of carboxylic acid groups (broad SMARTS) is 1. The van der Waals surface area contributed by atoms with Gasteiger partial charge < -0.3 is 15.5 Å². The number of hydrogen-bond acceptors (Lipinski definition) is 5. The van der Waals surface area contributed by atoms with Crippen LogP contribution in [-0.2, 0) is 0 Å². The number of thioether (sulfide) groups is 1. The van der Waals surface area contributed by atoms with Crippen molar-refractivity contribution in [3.8, 4) is 0 Å². The largest absolute Gasteiger partial charge is 0.478 e. The van der Waals surface area contributed by atoms with Gasteiger partial charge in [-0.15, -0.1) is 0 Å². The van der Waals surface area contributed by atoms with Gasteiger partial charge >= 0.3 is 5.97 Å². The van der Waals surface area contributed by atoms with E-state index in [4.69, 9.17) is 5.11 Å². The Labute approximate surface area is 127 Å². The summed E-state index contributed by atoms with van der Waals surface area (Å²) in [6.45, 7) is 2.14. The summed E-state index contributed by atoms with van der Waals surface area (Å²) in [4.78, 5) is 15.5. The fourth-order valence-corrected chi connectivity index (χ4v) is 2.81. The summed E-state index contributed by atoms with van der Waals surface area (Å²) < 4.78 is 0. The van der Waals surface area contributed by atoms with Crippen molar-refractivity contribution in [3.05, 3.63) is 35.9 Å². The highest BCUT2D eigenvalue weighted by molar-refractivity contribution is 7.98. The highest BCUT2D eigenvalue weighted by atomic mass is 32.2. The molecule has 0 amide bonds. The lowest BCUT2D eigenvalue weighted by molar-refractivity contribution is 0.0699. The second-order valence-electron chi connectivity index (χ2n) is 5.16. The van der Waals surface area contributed by atoms with E-state index in [1.54, 1.807) is 49.0 Å². The molecule has 0 saturated carbocycles. The Balaban J connectivity index is 2.22. The SMILES string of the molecule is CSCC(C)(O)CNc1ccc2c(C(=O)O)cccc2n1. The molecule has 1 aromatic heterocycles. The van der Waals surface area contributed by atoms with Crippen molar-refractivity contribution in [2.45, 2.75) is 12.5 Å². The number of rotatable bonds is 6. The van der Waals surface area contributed by atoms with Crippen molar-refractivity contribution in [2.24, 2.45) is 0 Å². The molecule has 1 heterocycles. The Bertz CT molecular complexity index is 658. The van der Waals surface area contributed by atoms with Gasteiger partial charge in [0.1, 0.15) is 5.82 Å². The lowest BCUT2D eigenvalue weighted by atomic mass is 10.1. The third kappa shape index (κ3) is 3.86. The Morgan fingerprint density at radius 2 is 2.14 bits per heavy atom. The van der Waals surface area contributed by atoms with Gasteiger partial charge in [-0.25, -0.2) is 9.78 Å². The number of aliphatic hydroxyl groups is 1. The number of aromatic nitrogens is 1. The average Bonchev–Trinajstić information content (AvgIpc) is 2.44. The van der Waals surface area contributed by atoms with E-state index in [1.165, 1.54) is 0 Å². The predicted molar refractivity (Wildman–Crippen MR) is 86.2 cm³/mol. The molecule has 1 unspecified atom stereocenters. The molecule has 2 rings (SSSR count). The third-order valence-corrected chi connectivity index (χ3v) is 3.98. The third-order valence-electron chi connectivity index (χ3n) is 3.07. The first-order valence-corrected chi connectivity index (χ1v) is 7.90. The quantitative estimate of drug-likeness (QED) is 0.760. The molecule has 0 aliphatic heterocycles. The number of hydrogen-bond donors (Lipinski definition) is 3.